The van der Waals surface area contributed by atoms with Gasteiger partial charge in [-0.2, -0.15) is 5.10 Å². The number of alkyl halides is 2. The zero-order chi connectivity index (χ0) is 25.9. The Balaban J connectivity index is 1.24. The van der Waals surface area contributed by atoms with Crippen molar-refractivity contribution >= 4 is 21.9 Å². The second kappa shape index (κ2) is 8.56. The number of hydrogen-bond donors (Lipinski definition) is 2. The van der Waals surface area contributed by atoms with Crippen LogP contribution in [-0.4, -0.2) is 58.6 Å². The lowest BCUT2D eigenvalue weighted by Gasteiger charge is -2.15. The molecule has 1 fully saturated rings. The lowest BCUT2D eigenvalue weighted by molar-refractivity contribution is 0.0115. The molecule has 0 saturated carbocycles. The highest BCUT2D eigenvalue weighted by molar-refractivity contribution is 5.98. The molecule has 1 aliphatic heterocycles. The maximum absolute atomic E-state index is 13.6. The van der Waals surface area contributed by atoms with Gasteiger partial charge in [0.1, 0.15) is 11.3 Å². The van der Waals surface area contributed by atoms with E-state index in [0.29, 0.717) is 13.1 Å². The fourth-order valence-electron chi connectivity index (χ4n) is 5.25. The summed E-state index contributed by atoms with van der Waals surface area (Å²) >= 11 is 0. The maximum atomic E-state index is 13.6. The van der Waals surface area contributed by atoms with Crippen LogP contribution in [0.4, 0.5) is 8.78 Å². The molecule has 6 heterocycles. The number of nitrogens with zero attached hydrogens (tertiary/aromatic N) is 6. The van der Waals surface area contributed by atoms with Gasteiger partial charge >= 0.3 is 0 Å². The van der Waals surface area contributed by atoms with Gasteiger partial charge < -0.3 is 9.55 Å². The minimum atomic E-state index is -2.61. The zero-order valence-electron chi connectivity index (χ0n) is 20.6. The second-order valence-electron chi connectivity index (χ2n) is 9.93. The molecule has 1 aliphatic rings. The Bertz CT molecular complexity index is 1800. The number of imidazole rings is 1. The van der Waals surface area contributed by atoms with Crippen molar-refractivity contribution in [2.75, 3.05) is 13.1 Å². The van der Waals surface area contributed by atoms with Crippen molar-refractivity contribution in [2.45, 2.75) is 25.8 Å². The number of aryl methyl sites for hydroxylation is 1. The second-order valence-corrected chi connectivity index (χ2v) is 9.93. The van der Waals surface area contributed by atoms with Gasteiger partial charge in [0, 0.05) is 60.6 Å². The first-order chi connectivity index (χ1) is 18.4. The summed E-state index contributed by atoms with van der Waals surface area (Å²) in [4.78, 5) is 18.5. The van der Waals surface area contributed by atoms with E-state index in [1.165, 1.54) is 0 Å². The van der Waals surface area contributed by atoms with Gasteiger partial charge in [-0.15, -0.1) is 0 Å². The molecule has 38 heavy (non-hydrogen) atoms. The van der Waals surface area contributed by atoms with Crippen LogP contribution in [0.15, 0.2) is 67.5 Å². The van der Waals surface area contributed by atoms with Crippen molar-refractivity contribution in [3.05, 3.63) is 78.8 Å². The van der Waals surface area contributed by atoms with Crippen molar-refractivity contribution in [3.8, 4) is 28.2 Å². The maximum Gasteiger partial charge on any atom is 0.261 e. The largest absolute Gasteiger partial charge is 0.338 e. The fourth-order valence-corrected chi connectivity index (χ4v) is 5.25. The van der Waals surface area contributed by atoms with Crippen LogP contribution in [0.25, 0.3) is 50.1 Å². The van der Waals surface area contributed by atoms with Crippen molar-refractivity contribution in [1.82, 2.24) is 39.6 Å². The number of aromatic nitrogens is 7. The number of pyridine rings is 2. The van der Waals surface area contributed by atoms with Gasteiger partial charge in [-0.1, -0.05) is 6.07 Å². The Labute approximate surface area is 216 Å². The molecule has 190 valence electrons. The summed E-state index contributed by atoms with van der Waals surface area (Å²) in [5.41, 5.74) is 8.05. The standard InChI is InChI=1S/C28H24F2N8/c1-17-13-38(16-33-17)25-4-6-32-27-22(25)10-24(34-27)26-21-9-19(2-3-23(21)35-36-26)20-8-18(11-31-12-20)14-37-7-5-28(29,30)15-37/h2-4,6,8-13,16H,5,7,14-15H2,1H3,(H,32,34)(H,35,36). The topological polar surface area (TPSA) is 91.3 Å². The quantitative estimate of drug-likeness (QED) is 0.319. The van der Waals surface area contributed by atoms with Crippen LogP contribution in [0.2, 0.25) is 0 Å². The Morgan fingerprint density at radius 1 is 1.03 bits per heavy atom. The van der Waals surface area contributed by atoms with Gasteiger partial charge in [0.2, 0.25) is 0 Å². The molecule has 1 saturated heterocycles. The highest BCUT2D eigenvalue weighted by Gasteiger charge is 2.37. The van der Waals surface area contributed by atoms with Crippen LogP contribution in [0.3, 0.4) is 0 Å². The van der Waals surface area contributed by atoms with E-state index in [1.54, 1.807) is 29.8 Å². The van der Waals surface area contributed by atoms with E-state index < -0.39 is 5.92 Å². The highest BCUT2D eigenvalue weighted by atomic mass is 19.3. The Morgan fingerprint density at radius 2 is 1.95 bits per heavy atom. The normalized spacial score (nSPS) is 15.7. The SMILES string of the molecule is Cc1cn(-c2ccnc3[nH]c(-c4n[nH]c5ccc(-c6cncc(CN7CCC(F)(F)C7)c6)cc45)cc23)cn1. The summed E-state index contributed by atoms with van der Waals surface area (Å²) in [7, 11) is 0. The molecule has 0 spiro atoms. The molecule has 8 nitrogen and oxygen atoms in total. The number of hydrogen-bond acceptors (Lipinski definition) is 5. The van der Waals surface area contributed by atoms with Gasteiger partial charge in [0.25, 0.3) is 5.92 Å². The van der Waals surface area contributed by atoms with Crippen LogP contribution in [0.1, 0.15) is 17.7 Å². The Morgan fingerprint density at radius 3 is 2.76 bits per heavy atom. The number of benzene rings is 1. The molecule has 1 aromatic carbocycles. The zero-order valence-corrected chi connectivity index (χ0v) is 20.6. The van der Waals surface area contributed by atoms with Crippen LogP contribution >= 0.6 is 0 Å². The third kappa shape index (κ3) is 4.03. The van der Waals surface area contributed by atoms with Crippen molar-refractivity contribution in [3.63, 3.8) is 0 Å². The van der Waals surface area contributed by atoms with E-state index >= 15 is 0 Å². The van der Waals surface area contributed by atoms with E-state index in [0.717, 1.165) is 61.4 Å². The molecule has 5 aromatic heterocycles. The van der Waals surface area contributed by atoms with Crippen molar-refractivity contribution < 1.29 is 8.78 Å². The predicted molar refractivity (Wildman–Crippen MR) is 141 cm³/mol. The van der Waals surface area contributed by atoms with Crippen LogP contribution in [-0.2, 0) is 6.54 Å². The molecular weight excluding hydrogens is 486 g/mol. The first kappa shape index (κ1) is 22.7. The molecule has 0 unspecified atom stereocenters. The molecule has 7 rings (SSSR count). The molecule has 0 bridgehead atoms. The molecular formula is C28H24F2N8. The van der Waals surface area contributed by atoms with Gasteiger partial charge in [0.15, 0.2) is 0 Å². The fraction of sp³-hybridized carbons (Fsp3) is 0.214. The summed E-state index contributed by atoms with van der Waals surface area (Å²) < 4.78 is 29.3. The van der Waals surface area contributed by atoms with Gasteiger partial charge in [-0.05, 0) is 48.4 Å². The molecule has 0 amide bonds. The highest BCUT2D eigenvalue weighted by Crippen LogP contribution is 2.33. The minimum absolute atomic E-state index is 0.0905. The Hall–Kier alpha value is -4.44. The number of nitrogens with one attached hydrogen (secondary N) is 2. The van der Waals surface area contributed by atoms with Gasteiger partial charge in [-0.3, -0.25) is 15.0 Å². The van der Waals surface area contributed by atoms with Crippen molar-refractivity contribution in [1.29, 1.82) is 0 Å². The minimum Gasteiger partial charge on any atom is -0.338 e. The summed E-state index contributed by atoms with van der Waals surface area (Å²) in [6, 6.07) is 12.1. The lowest BCUT2D eigenvalue weighted by atomic mass is 10.0. The van der Waals surface area contributed by atoms with Gasteiger partial charge in [-0.25, -0.2) is 18.7 Å². The first-order valence-corrected chi connectivity index (χ1v) is 12.4. The average molecular weight is 511 g/mol. The molecule has 0 radical (unpaired) electrons. The molecule has 6 aromatic rings. The van der Waals surface area contributed by atoms with Crippen LogP contribution < -0.4 is 0 Å². The van der Waals surface area contributed by atoms with Crippen LogP contribution in [0.5, 0.6) is 0 Å². The van der Waals surface area contributed by atoms with E-state index in [4.69, 9.17) is 0 Å². The smallest absolute Gasteiger partial charge is 0.261 e. The van der Waals surface area contributed by atoms with E-state index in [1.807, 2.05) is 42.0 Å². The number of aromatic amines is 2. The number of fused-ring (bicyclic) bond motifs is 2. The number of likely N-dealkylation sites (tertiary alicyclic amines) is 1. The lowest BCUT2D eigenvalue weighted by Crippen LogP contribution is -2.24. The van der Waals surface area contributed by atoms with Crippen LogP contribution in [0, 0.1) is 6.92 Å². The third-order valence-corrected chi connectivity index (χ3v) is 7.10. The predicted octanol–water partition coefficient (Wildman–Crippen LogP) is 5.50. The van der Waals surface area contributed by atoms with E-state index in [2.05, 4.69) is 42.3 Å². The molecule has 2 N–H and O–H groups in total. The summed E-state index contributed by atoms with van der Waals surface area (Å²) in [6.45, 7) is 2.60. The number of rotatable bonds is 5. The molecule has 0 aliphatic carbocycles. The number of halogens is 2. The summed E-state index contributed by atoms with van der Waals surface area (Å²) in [5, 5.41) is 9.66. The summed E-state index contributed by atoms with van der Waals surface area (Å²) in [5.74, 6) is -2.61. The summed E-state index contributed by atoms with van der Waals surface area (Å²) in [6.07, 6.45) is 9.01. The molecule has 10 heteroatoms. The average Bonchev–Trinajstić information content (AvgIpc) is 3.69. The molecule has 0 atom stereocenters. The van der Waals surface area contributed by atoms with Crippen molar-refractivity contribution in [2.24, 2.45) is 0 Å². The van der Waals surface area contributed by atoms with Gasteiger partial charge in [0.05, 0.1) is 35.5 Å². The monoisotopic (exact) mass is 510 g/mol. The van der Waals surface area contributed by atoms with E-state index in [-0.39, 0.29) is 13.0 Å². The Kier molecular flexibility index (Phi) is 5.12. The third-order valence-electron chi connectivity index (χ3n) is 7.10. The number of H-pyrrole nitrogens is 2. The van der Waals surface area contributed by atoms with E-state index in [9.17, 15) is 8.78 Å². The first-order valence-electron chi connectivity index (χ1n) is 12.4.